The van der Waals surface area contributed by atoms with Crippen molar-refractivity contribution in [3.63, 3.8) is 0 Å². The zero-order chi connectivity index (χ0) is 28.7. The van der Waals surface area contributed by atoms with Crippen molar-refractivity contribution in [1.82, 2.24) is 10.2 Å². The molecule has 7 heteroatoms. The van der Waals surface area contributed by atoms with E-state index < -0.39 is 6.04 Å². The maximum Gasteiger partial charge on any atom is 0.243 e. The lowest BCUT2D eigenvalue weighted by molar-refractivity contribution is -0.141. The summed E-state index contributed by atoms with van der Waals surface area (Å²) in [5.74, 6) is 1.19. The quantitative estimate of drug-likeness (QED) is 0.183. The molecule has 214 valence electrons. The third-order valence-electron chi connectivity index (χ3n) is 6.60. The van der Waals surface area contributed by atoms with Gasteiger partial charge < -0.3 is 19.7 Å². The molecule has 0 bridgehead atoms. The molecule has 2 amide bonds. The van der Waals surface area contributed by atoms with Crippen LogP contribution in [0.15, 0.2) is 77.3 Å². The number of benzene rings is 3. The number of carbonyl (C=O) groups is 2. The monoisotopic (exact) mass is 608 g/mol. The number of carbonyl (C=O) groups excluding carboxylic acids is 2. The van der Waals surface area contributed by atoms with Gasteiger partial charge in [0.2, 0.25) is 11.8 Å². The van der Waals surface area contributed by atoms with Gasteiger partial charge in [0.1, 0.15) is 6.04 Å². The molecular formula is C33H41BrN2O4. The van der Waals surface area contributed by atoms with E-state index in [9.17, 15) is 9.59 Å². The molecule has 0 aliphatic rings. The Labute approximate surface area is 247 Å². The van der Waals surface area contributed by atoms with Gasteiger partial charge in [0, 0.05) is 30.4 Å². The lowest BCUT2D eigenvalue weighted by Gasteiger charge is -2.32. The molecule has 0 saturated carbocycles. The molecule has 0 aliphatic carbocycles. The molecule has 1 atom stereocenters. The normalized spacial score (nSPS) is 11.5. The van der Waals surface area contributed by atoms with E-state index in [1.165, 1.54) is 0 Å². The molecule has 40 heavy (non-hydrogen) atoms. The van der Waals surface area contributed by atoms with Gasteiger partial charge in [0.15, 0.2) is 11.5 Å². The summed E-state index contributed by atoms with van der Waals surface area (Å²) in [6, 6.07) is 23.0. The van der Waals surface area contributed by atoms with Crippen LogP contribution in [0.2, 0.25) is 0 Å². The number of ether oxygens (including phenoxy) is 2. The van der Waals surface area contributed by atoms with Crippen molar-refractivity contribution < 1.29 is 19.1 Å². The third kappa shape index (κ3) is 9.70. The standard InChI is InChI=1S/C33H41BrN2O4/c1-4-7-21-35-33(38)29(22-25-11-9-8-10-12-25)36(24-27-13-17-28(34)18-14-27)32(37)20-16-26-15-19-30(39-5-2)31(23-26)40-6-3/h8-15,17-19,23,29H,4-7,16,20-22,24H2,1-3H3,(H,35,38)/t29-/m1/s1. The maximum absolute atomic E-state index is 13.9. The number of aryl methyl sites for hydroxylation is 1. The molecule has 6 nitrogen and oxygen atoms in total. The molecule has 0 aromatic heterocycles. The highest BCUT2D eigenvalue weighted by Gasteiger charge is 2.30. The fraction of sp³-hybridized carbons (Fsp3) is 0.394. The van der Waals surface area contributed by atoms with E-state index in [1.807, 2.05) is 86.6 Å². The molecule has 0 radical (unpaired) electrons. The van der Waals surface area contributed by atoms with Gasteiger partial charge in [-0.1, -0.05) is 77.8 Å². The summed E-state index contributed by atoms with van der Waals surface area (Å²) in [5, 5.41) is 3.08. The van der Waals surface area contributed by atoms with Crippen LogP contribution in [0, 0.1) is 0 Å². The first-order valence-electron chi connectivity index (χ1n) is 14.2. The number of hydrogen-bond donors (Lipinski definition) is 1. The first-order chi connectivity index (χ1) is 19.4. The van der Waals surface area contributed by atoms with Crippen molar-refractivity contribution in [2.75, 3.05) is 19.8 Å². The topological polar surface area (TPSA) is 67.9 Å². The first kappa shape index (κ1) is 31.2. The second kappa shape index (κ2) is 16.7. The summed E-state index contributed by atoms with van der Waals surface area (Å²) in [7, 11) is 0. The number of halogens is 1. The van der Waals surface area contributed by atoms with Crippen LogP contribution in [-0.4, -0.2) is 42.5 Å². The summed E-state index contributed by atoms with van der Waals surface area (Å²) in [6.45, 7) is 7.97. The lowest BCUT2D eigenvalue weighted by atomic mass is 10.0. The Morgan fingerprint density at radius 3 is 2.20 bits per heavy atom. The molecule has 0 aliphatic heterocycles. The van der Waals surface area contributed by atoms with E-state index in [0.29, 0.717) is 50.6 Å². The summed E-state index contributed by atoms with van der Waals surface area (Å²) in [6.07, 6.45) is 3.11. The molecule has 3 aromatic carbocycles. The average Bonchev–Trinajstić information content (AvgIpc) is 2.96. The van der Waals surface area contributed by atoms with Crippen LogP contribution in [0.4, 0.5) is 0 Å². The van der Waals surface area contributed by atoms with Crippen molar-refractivity contribution in [2.45, 2.75) is 65.5 Å². The van der Waals surface area contributed by atoms with Crippen molar-refractivity contribution in [3.8, 4) is 11.5 Å². The van der Waals surface area contributed by atoms with E-state index in [-0.39, 0.29) is 18.2 Å². The number of hydrogen-bond acceptors (Lipinski definition) is 4. The Balaban J connectivity index is 1.87. The zero-order valence-corrected chi connectivity index (χ0v) is 25.4. The molecule has 0 heterocycles. The number of unbranched alkanes of at least 4 members (excludes halogenated alkanes) is 1. The Morgan fingerprint density at radius 2 is 1.52 bits per heavy atom. The molecule has 3 aromatic rings. The molecule has 0 spiro atoms. The first-order valence-corrected chi connectivity index (χ1v) is 15.0. The summed E-state index contributed by atoms with van der Waals surface area (Å²) < 4.78 is 12.4. The Hall–Kier alpha value is -3.32. The van der Waals surface area contributed by atoms with E-state index in [4.69, 9.17) is 9.47 Å². The minimum Gasteiger partial charge on any atom is -0.490 e. The van der Waals surface area contributed by atoms with Gasteiger partial charge in [-0.3, -0.25) is 9.59 Å². The van der Waals surface area contributed by atoms with Gasteiger partial charge in [-0.2, -0.15) is 0 Å². The molecule has 0 fully saturated rings. The highest BCUT2D eigenvalue weighted by atomic mass is 79.9. The smallest absolute Gasteiger partial charge is 0.243 e. The van der Waals surface area contributed by atoms with Gasteiger partial charge in [0.25, 0.3) is 0 Å². The van der Waals surface area contributed by atoms with Crippen molar-refractivity contribution in [3.05, 3.63) is 94.0 Å². The van der Waals surface area contributed by atoms with Gasteiger partial charge in [-0.05, 0) is 67.6 Å². The van der Waals surface area contributed by atoms with Gasteiger partial charge >= 0.3 is 0 Å². The van der Waals surface area contributed by atoms with Crippen LogP contribution >= 0.6 is 15.9 Å². The van der Waals surface area contributed by atoms with Crippen molar-refractivity contribution >= 4 is 27.7 Å². The van der Waals surface area contributed by atoms with Crippen LogP contribution in [0.3, 0.4) is 0 Å². The van der Waals surface area contributed by atoms with E-state index in [0.717, 1.165) is 34.0 Å². The highest BCUT2D eigenvalue weighted by molar-refractivity contribution is 9.10. The average molecular weight is 610 g/mol. The van der Waals surface area contributed by atoms with Gasteiger partial charge in [-0.25, -0.2) is 0 Å². The van der Waals surface area contributed by atoms with Crippen LogP contribution in [0.5, 0.6) is 11.5 Å². The predicted molar refractivity (Wildman–Crippen MR) is 164 cm³/mol. The van der Waals surface area contributed by atoms with E-state index >= 15 is 0 Å². The summed E-state index contributed by atoms with van der Waals surface area (Å²) in [5.41, 5.74) is 2.96. The maximum atomic E-state index is 13.9. The third-order valence-corrected chi connectivity index (χ3v) is 7.13. The van der Waals surface area contributed by atoms with Crippen LogP contribution in [0.25, 0.3) is 0 Å². The summed E-state index contributed by atoms with van der Waals surface area (Å²) >= 11 is 3.49. The zero-order valence-electron chi connectivity index (χ0n) is 23.8. The predicted octanol–water partition coefficient (Wildman–Crippen LogP) is 6.74. The second-order valence-electron chi connectivity index (χ2n) is 9.65. The minimum atomic E-state index is -0.630. The molecular weight excluding hydrogens is 568 g/mol. The Kier molecular flexibility index (Phi) is 13.0. The second-order valence-corrected chi connectivity index (χ2v) is 10.6. The van der Waals surface area contributed by atoms with Crippen molar-refractivity contribution in [2.24, 2.45) is 0 Å². The fourth-order valence-electron chi connectivity index (χ4n) is 4.49. The van der Waals surface area contributed by atoms with Gasteiger partial charge in [-0.15, -0.1) is 0 Å². The number of nitrogens with zero attached hydrogens (tertiary/aromatic N) is 1. The van der Waals surface area contributed by atoms with Crippen LogP contribution in [-0.2, 0) is 29.0 Å². The number of amides is 2. The lowest BCUT2D eigenvalue weighted by Crippen LogP contribution is -2.50. The fourth-order valence-corrected chi connectivity index (χ4v) is 4.76. The molecule has 0 unspecified atom stereocenters. The molecule has 1 N–H and O–H groups in total. The Bertz CT molecular complexity index is 1200. The molecule has 0 saturated heterocycles. The van der Waals surface area contributed by atoms with Crippen LogP contribution < -0.4 is 14.8 Å². The summed E-state index contributed by atoms with van der Waals surface area (Å²) in [4.78, 5) is 29.2. The van der Waals surface area contributed by atoms with Gasteiger partial charge in [0.05, 0.1) is 13.2 Å². The largest absolute Gasteiger partial charge is 0.490 e. The number of rotatable bonds is 16. The SMILES string of the molecule is CCCCNC(=O)[C@@H](Cc1ccccc1)N(Cc1ccc(Br)cc1)C(=O)CCc1ccc(OCC)c(OCC)c1. The Morgan fingerprint density at radius 1 is 0.850 bits per heavy atom. The highest BCUT2D eigenvalue weighted by Crippen LogP contribution is 2.29. The van der Waals surface area contributed by atoms with E-state index in [2.05, 4.69) is 28.2 Å². The van der Waals surface area contributed by atoms with Crippen LogP contribution in [0.1, 0.15) is 56.7 Å². The molecule has 3 rings (SSSR count). The van der Waals surface area contributed by atoms with Crippen molar-refractivity contribution in [1.29, 1.82) is 0 Å². The minimum absolute atomic E-state index is 0.0682. The van der Waals surface area contributed by atoms with E-state index in [1.54, 1.807) is 4.90 Å². The number of nitrogens with one attached hydrogen (secondary N) is 1.